The standard InChI is InChI=1S/C28H53NO3/c1-3-5-7-9-11-13-14-16-18-20-22-24-28(32)29-26(25-30)27(31)23-21-19-17-15-12-10-8-6-4-2/h12,15,21,23,26-27,30-31H,3-11,13-14,16-20,22,24-25H2,1-2H3,(H,29,32)/b15-12+,23-21+/t26-,27+/m0/s1. The molecule has 0 aliphatic rings. The van der Waals surface area contributed by atoms with Crippen LogP contribution in [-0.2, 0) is 4.79 Å². The number of allylic oxidation sites excluding steroid dienone is 3. The first-order valence-corrected chi connectivity index (χ1v) is 13.6. The summed E-state index contributed by atoms with van der Waals surface area (Å²) in [6.07, 6.45) is 28.2. The van der Waals surface area contributed by atoms with E-state index in [1.165, 1.54) is 77.0 Å². The van der Waals surface area contributed by atoms with Crippen LogP contribution in [0.2, 0.25) is 0 Å². The van der Waals surface area contributed by atoms with Gasteiger partial charge in [-0.15, -0.1) is 0 Å². The van der Waals surface area contributed by atoms with Crippen LogP contribution in [0.3, 0.4) is 0 Å². The zero-order valence-corrected chi connectivity index (χ0v) is 21.2. The van der Waals surface area contributed by atoms with Crippen LogP contribution in [0.4, 0.5) is 0 Å². The predicted octanol–water partition coefficient (Wildman–Crippen LogP) is 7.00. The Hall–Kier alpha value is -1.13. The van der Waals surface area contributed by atoms with Gasteiger partial charge in [0.1, 0.15) is 0 Å². The minimum absolute atomic E-state index is 0.0811. The maximum absolute atomic E-state index is 12.1. The number of rotatable bonds is 23. The molecule has 0 aromatic rings. The van der Waals surface area contributed by atoms with Crippen LogP contribution < -0.4 is 5.32 Å². The van der Waals surface area contributed by atoms with Crippen molar-refractivity contribution in [2.45, 2.75) is 142 Å². The van der Waals surface area contributed by atoms with E-state index in [0.29, 0.717) is 6.42 Å². The van der Waals surface area contributed by atoms with Gasteiger partial charge in [-0.05, 0) is 32.1 Å². The average Bonchev–Trinajstić information content (AvgIpc) is 2.79. The molecule has 0 aliphatic heterocycles. The summed E-state index contributed by atoms with van der Waals surface area (Å²) in [6, 6.07) is -0.629. The van der Waals surface area contributed by atoms with Crippen molar-refractivity contribution in [1.82, 2.24) is 5.32 Å². The first kappa shape index (κ1) is 30.9. The van der Waals surface area contributed by atoms with Crippen molar-refractivity contribution in [1.29, 1.82) is 0 Å². The molecule has 4 heteroatoms. The average molecular weight is 452 g/mol. The molecule has 1 amide bonds. The lowest BCUT2D eigenvalue weighted by Crippen LogP contribution is -2.45. The second-order valence-electron chi connectivity index (χ2n) is 9.11. The monoisotopic (exact) mass is 451 g/mol. The van der Waals surface area contributed by atoms with Crippen molar-refractivity contribution in [2.75, 3.05) is 6.61 Å². The summed E-state index contributed by atoms with van der Waals surface area (Å²) in [5, 5.41) is 22.5. The summed E-state index contributed by atoms with van der Waals surface area (Å²) in [7, 11) is 0. The lowest BCUT2D eigenvalue weighted by atomic mass is 10.0. The maximum Gasteiger partial charge on any atom is 0.220 e. The van der Waals surface area contributed by atoms with Gasteiger partial charge in [0.2, 0.25) is 5.91 Å². The fourth-order valence-electron chi connectivity index (χ4n) is 3.78. The van der Waals surface area contributed by atoms with E-state index in [4.69, 9.17) is 0 Å². The Morgan fingerprint density at radius 2 is 1.22 bits per heavy atom. The summed E-state index contributed by atoms with van der Waals surface area (Å²) < 4.78 is 0. The Morgan fingerprint density at radius 1 is 0.719 bits per heavy atom. The van der Waals surface area contributed by atoms with Gasteiger partial charge in [-0.1, -0.05) is 115 Å². The van der Waals surface area contributed by atoms with Crippen molar-refractivity contribution in [3.05, 3.63) is 24.3 Å². The van der Waals surface area contributed by atoms with Gasteiger partial charge in [0.05, 0.1) is 18.8 Å². The van der Waals surface area contributed by atoms with Gasteiger partial charge in [0.15, 0.2) is 0 Å². The zero-order chi connectivity index (χ0) is 23.7. The molecule has 0 fully saturated rings. The van der Waals surface area contributed by atoms with E-state index in [9.17, 15) is 15.0 Å². The van der Waals surface area contributed by atoms with Gasteiger partial charge in [-0.3, -0.25) is 4.79 Å². The molecule has 32 heavy (non-hydrogen) atoms. The van der Waals surface area contributed by atoms with E-state index in [1.54, 1.807) is 6.08 Å². The Morgan fingerprint density at radius 3 is 1.81 bits per heavy atom. The van der Waals surface area contributed by atoms with Gasteiger partial charge >= 0.3 is 0 Å². The van der Waals surface area contributed by atoms with E-state index in [2.05, 4.69) is 31.3 Å². The number of nitrogens with one attached hydrogen (secondary N) is 1. The van der Waals surface area contributed by atoms with E-state index in [-0.39, 0.29) is 12.5 Å². The van der Waals surface area contributed by atoms with Crippen molar-refractivity contribution in [3.63, 3.8) is 0 Å². The Bertz CT molecular complexity index is 462. The van der Waals surface area contributed by atoms with E-state index in [0.717, 1.165) is 32.1 Å². The van der Waals surface area contributed by atoms with Crippen molar-refractivity contribution < 1.29 is 15.0 Å². The number of carbonyl (C=O) groups excluding carboxylic acids is 1. The normalized spacial score (nSPS) is 13.8. The molecule has 0 aliphatic carbocycles. The summed E-state index contributed by atoms with van der Waals surface area (Å²) in [5.41, 5.74) is 0. The third-order valence-electron chi connectivity index (χ3n) is 5.94. The molecule has 0 spiro atoms. The van der Waals surface area contributed by atoms with Crippen LogP contribution >= 0.6 is 0 Å². The summed E-state index contributed by atoms with van der Waals surface area (Å²) >= 11 is 0. The largest absolute Gasteiger partial charge is 0.394 e. The molecule has 0 saturated heterocycles. The second-order valence-corrected chi connectivity index (χ2v) is 9.11. The van der Waals surface area contributed by atoms with Crippen molar-refractivity contribution in [2.24, 2.45) is 0 Å². The third-order valence-corrected chi connectivity index (χ3v) is 5.94. The topological polar surface area (TPSA) is 69.6 Å². The fourth-order valence-corrected chi connectivity index (χ4v) is 3.78. The molecule has 4 nitrogen and oxygen atoms in total. The number of aliphatic hydroxyl groups is 2. The van der Waals surface area contributed by atoms with Gasteiger partial charge in [-0.2, -0.15) is 0 Å². The van der Waals surface area contributed by atoms with Gasteiger partial charge in [0.25, 0.3) is 0 Å². The van der Waals surface area contributed by atoms with Crippen LogP contribution in [0.1, 0.15) is 129 Å². The van der Waals surface area contributed by atoms with Crippen LogP contribution in [0.15, 0.2) is 24.3 Å². The maximum atomic E-state index is 12.1. The molecular formula is C28H53NO3. The summed E-state index contributed by atoms with van der Waals surface area (Å²) in [5.74, 6) is -0.0811. The highest BCUT2D eigenvalue weighted by molar-refractivity contribution is 5.76. The van der Waals surface area contributed by atoms with Crippen LogP contribution in [-0.4, -0.2) is 34.9 Å². The molecule has 0 aromatic heterocycles. The fraction of sp³-hybridized carbons (Fsp3) is 0.821. The minimum Gasteiger partial charge on any atom is -0.394 e. The molecule has 0 aromatic carbocycles. The molecule has 3 N–H and O–H groups in total. The zero-order valence-electron chi connectivity index (χ0n) is 21.2. The van der Waals surface area contributed by atoms with Crippen LogP contribution in [0, 0.1) is 0 Å². The highest BCUT2D eigenvalue weighted by Crippen LogP contribution is 2.12. The number of amides is 1. The van der Waals surface area contributed by atoms with Gasteiger partial charge in [-0.25, -0.2) is 0 Å². The molecule has 0 heterocycles. The van der Waals surface area contributed by atoms with Gasteiger partial charge < -0.3 is 15.5 Å². The Labute approximate surface area is 199 Å². The number of carbonyl (C=O) groups is 1. The van der Waals surface area contributed by atoms with Crippen molar-refractivity contribution in [3.8, 4) is 0 Å². The molecule has 188 valence electrons. The van der Waals surface area contributed by atoms with E-state index < -0.39 is 12.1 Å². The SMILES string of the molecule is CCCCC/C=C/CC/C=C/[C@@H](O)[C@H](CO)NC(=O)CCCCCCCCCCCCC. The first-order valence-electron chi connectivity index (χ1n) is 13.6. The lowest BCUT2D eigenvalue weighted by Gasteiger charge is -2.19. The number of hydrogen-bond donors (Lipinski definition) is 3. The number of aliphatic hydroxyl groups excluding tert-OH is 2. The van der Waals surface area contributed by atoms with Crippen LogP contribution in [0.25, 0.3) is 0 Å². The molecule has 0 radical (unpaired) electrons. The summed E-state index contributed by atoms with van der Waals surface area (Å²) in [4.78, 5) is 12.1. The smallest absolute Gasteiger partial charge is 0.220 e. The quantitative estimate of drug-likeness (QED) is 0.116. The Balaban J connectivity index is 3.77. The molecule has 0 bridgehead atoms. The number of unbranched alkanes of at least 4 members (excludes halogenated alkanes) is 14. The first-order chi connectivity index (χ1) is 15.7. The molecule has 0 saturated carbocycles. The third kappa shape index (κ3) is 20.8. The number of hydrogen-bond acceptors (Lipinski definition) is 3. The summed E-state index contributed by atoms with van der Waals surface area (Å²) in [6.45, 7) is 4.20. The molecule has 0 unspecified atom stereocenters. The molecule has 2 atom stereocenters. The highest BCUT2D eigenvalue weighted by atomic mass is 16.3. The van der Waals surface area contributed by atoms with Crippen molar-refractivity contribution >= 4 is 5.91 Å². The second kappa shape index (κ2) is 24.5. The highest BCUT2D eigenvalue weighted by Gasteiger charge is 2.17. The lowest BCUT2D eigenvalue weighted by molar-refractivity contribution is -0.123. The van der Waals surface area contributed by atoms with Gasteiger partial charge in [0, 0.05) is 6.42 Å². The molecular weight excluding hydrogens is 398 g/mol. The van der Waals surface area contributed by atoms with E-state index >= 15 is 0 Å². The minimum atomic E-state index is -0.852. The van der Waals surface area contributed by atoms with Crippen LogP contribution in [0.5, 0.6) is 0 Å². The predicted molar refractivity (Wildman–Crippen MR) is 138 cm³/mol. The molecule has 0 rings (SSSR count). The Kier molecular flexibility index (Phi) is 23.6. The van der Waals surface area contributed by atoms with E-state index in [1.807, 2.05) is 6.08 Å².